The number of nitrogens with one attached hydrogen (secondary N) is 1. The molecular weight excluding hydrogens is 414 g/mol. The number of furan rings is 1. The van der Waals surface area contributed by atoms with Crippen LogP contribution < -0.4 is 10.1 Å². The van der Waals surface area contributed by atoms with Crippen molar-refractivity contribution in [3.8, 4) is 5.75 Å². The van der Waals surface area contributed by atoms with Crippen molar-refractivity contribution in [2.24, 2.45) is 0 Å². The Bertz CT molecular complexity index is 1130. The van der Waals surface area contributed by atoms with Crippen LogP contribution in [-0.4, -0.2) is 40.8 Å². The van der Waals surface area contributed by atoms with Crippen molar-refractivity contribution in [1.82, 2.24) is 10.2 Å². The number of esters is 2. The van der Waals surface area contributed by atoms with E-state index < -0.39 is 28.8 Å². The van der Waals surface area contributed by atoms with Gasteiger partial charge in [-0.05, 0) is 24.3 Å². The standard InChI is InChI=1S/C19H15N3O9/c1-10(23)30-15-5-3-12(22(27)28)7-11(15)8-14-17(24)21(19(26)20-14)9-13-4-6-16(31-13)18(25)29-2/h3-8H,9H2,1-2H3,(H,20,26)/b14-8-. The molecule has 0 spiro atoms. The number of amides is 3. The number of imide groups is 1. The monoisotopic (exact) mass is 429 g/mol. The van der Waals surface area contributed by atoms with Crippen molar-refractivity contribution < 1.29 is 38.0 Å². The summed E-state index contributed by atoms with van der Waals surface area (Å²) < 4.78 is 14.8. The van der Waals surface area contributed by atoms with Crippen LogP contribution in [0.4, 0.5) is 10.5 Å². The zero-order valence-electron chi connectivity index (χ0n) is 16.2. The van der Waals surface area contributed by atoms with E-state index in [-0.39, 0.29) is 40.8 Å². The van der Waals surface area contributed by atoms with Crippen LogP contribution in [0.3, 0.4) is 0 Å². The number of non-ortho nitro benzene ring substituents is 1. The second-order valence-electron chi connectivity index (χ2n) is 6.21. The molecule has 1 aliphatic heterocycles. The molecule has 1 fully saturated rings. The Kier molecular flexibility index (Phi) is 5.81. The number of rotatable bonds is 6. The smallest absolute Gasteiger partial charge is 0.373 e. The third-order valence-electron chi connectivity index (χ3n) is 4.08. The first-order valence-corrected chi connectivity index (χ1v) is 8.68. The molecule has 0 bridgehead atoms. The van der Waals surface area contributed by atoms with Crippen molar-refractivity contribution >= 4 is 35.6 Å². The lowest BCUT2D eigenvalue weighted by molar-refractivity contribution is -0.384. The van der Waals surface area contributed by atoms with Crippen LogP contribution in [-0.2, 0) is 20.9 Å². The minimum atomic E-state index is -0.772. The number of ether oxygens (including phenoxy) is 2. The van der Waals surface area contributed by atoms with Crippen LogP contribution in [0, 0.1) is 10.1 Å². The Morgan fingerprint density at radius 2 is 2.00 bits per heavy atom. The molecule has 160 valence electrons. The molecule has 31 heavy (non-hydrogen) atoms. The number of urea groups is 1. The molecule has 12 heteroatoms. The van der Waals surface area contributed by atoms with E-state index in [0.29, 0.717) is 0 Å². The summed E-state index contributed by atoms with van der Waals surface area (Å²) in [6.07, 6.45) is 1.16. The summed E-state index contributed by atoms with van der Waals surface area (Å²) in [7, 11) is 1.18. The Balaban J connectivity index is 1.88. The number of benzene rings is 1. The van der Waals surface area contributed by atoms with E-state index in [0.717, 1.165) is 30.0 Å². The maximum Gasteiger partial charge on any atom is 0.373 e. The fraction of sp³-hybridized carbons (Fsp3) is 0.158. The minimum Gasteiger partial charge on any atom is -0.463 e. The van der Waals surface area contributed by atoms with Crippen molar-refractivity contribution in [1.29, 1.82) is 0 Å². The van der Waals surface area contributed by atoms with Crippen molar-refractivity contribution in [2.45, 2.75) is 13.5 Å². The molecular formula is C19H15N3O9. The molecule has 0 saturated carbocycles. The second-order valence-corrected chi connectivity index (χ2v) is 6.21. The van der Waals surface area contributed by atoms with E-state index in [4.69, 9.17) is 9.15 Å². The van der Waals surface area contributed by atoms with Crippen LogP contribution in [0.5, 0.6) is 5.75 Å². The third-order valence-corrected chi connectivity index (χ3v) is 4.08. The Morgan fingerprint density at radius 3 is 2.65 bits per heavy atom. The van der Waals surface area contributed by atoms with Gasteiger partial charge in [-0.15, -0.1) is 0 Å². The number of hydrogen-bond acceptors (Lipinski definition) is 9. The SMILES string of the molecule is COC(=O)c1ccc(CN2C(=O)N/C(=C\c3cc([N+](=O)[O-])ccc3OC(C)=O)C2=O)o1. The summed E-state index contributed by atoms with van der Waals surface area (Å²) in [6, 6.07) is 5.42. The number of nitrogens with zero attached hydrogens (tertiary/aromatic N) is 2. The largest absolute Gasteiger partial charge is 0.463 e. The molecule has 2 aromatic rings. The average molecular weight is 429 g/mol. The molecule has 3 rings (SSSR count). The van der Waals surface area contributed by atoms with E-state index in [1.165, 1.54) is 25.3 Å². The first-order chi connectivity index (χ1) is 14.7. The molecule has 1 aliphatic rings. The lowest BCUT2D eigenvalue weighted by atomic mass is 10.1. The molecule has 0 aliphatic carbocycles. The lowest BCUT2D eigenvalue weighted by Gasteiger charge is -2.09. The Labute approximate surface area is 174 Å². The molecule has 0 radical (unpaired) electrons. The molecule has 1 aromatic heterocycles. The van der Waals surface area contributed by atoms with Gasteiger partial charge < -0.3 is 19.2 Å². The predicted molar refractivity (Wildman–Crippen MR) is 102 cm³/mol. The number of nitro groups is 1. The van der Waals surface area contributed by atoms with E-state index in [1.54, 1.807) is 0 Å². The van der Waals surface area contributed by atoms with Gasteiger partial charge >= 0.3 is 18.0 Å². The highest BCUT2D eigenvalue weighted by atomic mass is 16.6. The fourth-order valence-electron chi connectivity index (χ4n) is 2.71. The number of carbonyl (C=O) groups is 4. The lowest BCUT2D eigenvalue weighted by Crippen LogP contribution is -2.30. The zero-order valence-corrected chi connectivity index (χ0v) is 16.2. The fourth-order valence-corrected chi connectivity index (χ4v) is 2.71. The van der Waals surface area contributed by atoms with E-state index in [1.807, 2.05) is 0 Å². The summed E-state index contributed by atoms with van der Waals surface area (Å²) in [6.45, 7) is 0.874. The molecule has 2 heterocycles. The summed E-state index contributed by atoms with van der Waals surface area (Å²) >= 11 is 0. The van der Waals surface area contributed by atoms with E-state index in [9.17, 15) is 29.3 Å². The summed E-state index contributed by atoms with van der Waals surface area (Å²) in [4.78, 5) is 58.9. The van der Waals surface area contributed by atoms with Crippen molar-refractivity contribution in [3.05, 3.63) is 63.2 Å². The summed E-state index contributed by atoms with van der Waals surface area (Å²) in [5.41, 5.74) is -0.457. The third kappa shape index (κ3) is 4.58. The number of hydrogen-bond donors (Lipinski definition) is 1. The highest BCUT2D eigenvalue weighted by Gasteiger charge is 2.34. The van der Waals surface area contributed by atoms with Crippen LogP contribution in [0.1, 0.15) is 28.8 Å². The van der Waals surface area contributed by atoms with Crippen LogP contribution in [0.15, 0.2) is 40.4 Å². The molecule has 12 nitrogen and oxygen atoms in total. The normalized spacial score (nSPS) is 14.5. The number of nitro benzene ring substituents is 1. The second kappa shape index (κ2) is 8.49. The van der Waals surface area contributed by atoms with Gasteiger partial charge in [0.1, 0.15) is 17.2 Å². The minimum absolute atomic E-state index is 0.0279. The Hall–Kier alpha value is -4.48. The molecule has 1 aromatic carbocycles. The van der Waals surface area contributed by atoms with Gasteiger partial charge in [0.15, 0.2) is 0 Å². The number of carbonyl (C=O) groups excluding carboxylic acids is 4. The maximum atomic E-state index is 12.7. The van der Waals surface area contributed by atoms with Crippen molar-refractivity contribution in [2.75, 3.05) is 7.11 Å². The highest BCUT2D eigenvalue weighted by Crippen LogP contribution is 2.28. The van der Waals surface area contributed by atoms with Gasteiger partial charge in [0.2, 0.25) is 5.76 Å². The predicted octanol–water partition coefficient (Wildman–Crippen LogP) is 1.99. The first-order valence-electron chi connectivity index (χ1n) is 8.68. The topological polar surface area (TPSA) is 158 Å². The molecule has 0 atom stereocenters. The van der Waals surface area contributed by atoms with Gasteiger partial charge in [0.25, 0.3) is 11.6 Å². The molecule has 1 N–H and O–H groups in total. The van der Waals surface area contributed by atoms with Gasteiger partial charge in [0, 0.05) is 24.6 Å². The van der Waals surface area contributed by atoms with Crippen LogP contribution >= 0.6 is 0 Å². The van der Waals surface area contributed by atoms with Crippen molar-refractivity contribution in [3.63, 3.8) is 0 Å². The van der Waals surface area contributed by atoms with Crippen LogP contribution in [0.2, 0.25) is 0 Å². The van der Waals surface area contributed by atoms with Crippen LogP contribution in [0.25, 0.3) is 6.08 Å². The molecule has 1 saturated heterocycles. The first kappa shape index (κ1) is 21.2. The quantitative estimate of drug-likeness (QED) is 0.181. The van der Waals surface area contributed by atoms with Gasteiger partial charge in [0.05, 0.1) is 18.6 Å². The summed E-state index contributed by atoms with van der Waals surface area (Å²) in [5, 5.41) is 13.4. The van der Waals surface area contributed by atoms with Gasteiger partial charge in [-0.25, -0.2) is 9.59 Å². The maximum absolute atomic E-state index is 12.7. The van der Waals surface area contributed by atoms with Gasteiger partial charge in [-0.3, -0.25) is 24.6 Å². The molecule has 0 unspecified atom stereocenters. The average Bonchev–Trinajstić information content (AvgIpc) is 3.28. The van der Waals surface area contributed by atoms with E-state index in [2.05, 4.69) is 10.1 Å². The molecule has 3 amide bonds. The highest BCUT2D eigenvalue weighted by molar-refractivity contribution is 6.14. The summed E-state index contributed by atoms with van der Waals surface area (Å²) in [5.74, 6) is -2.10. The van der Waals surface area contributed by atoms with Gasteiger partial charge in [-0.2, -0.15) is 0 Å². The van der Waals surface area contributed by atoms with Gasteiger partial charge in [-0.1, -0.05) is 0 Å². The Morgan fingerprint density at radius 1 is 1.26 bits per heavy atom. The van der Waals surface area contributed by atoms with E-state index >= 15 is 0 Å². The zero-order chi connectivity index (χ0) is 22.7. The number of methoxy groups -OCH3 is 1.